The number of hydrogen-bond acceptors (Lipinski definition) is 6. The Hall–Kier alpha value is -3.48. The molecule has 0 saturated heterocycles. The standard InChI is InChI=1S/C23H26F3N3O6S/c1-2-34-18-13-15(28-22(31)20(21(27)30)14-6-3-4-7-14)10-11-19(18)36(32,33)29-16-8-5-9-17(12-16)35-23(24,25)26/h5,8-14,20,29H,2-4,6-7H2,1H3,(H2,27,30)(H,28,31). The van der Waals surface area contributed by atoms with Crippen LogP contribution in [0.5, 0.6) is 11.5 Å². The molecule has 2 aromatic rings. The molecule has 3 rings (SSSR count). The summed E-state index contributed by atoms with van der Waals surface area (Å²) in [5.74, 6) is -3.20. The highest BCUT2D eigenvalue weighted by Gasteiger charge is 2.35. The number of hydrogen-bond donors (Lipinski definition) is 3. The summed E-state index contributed by atoms with van der Waals surface area (Å²) in [5.41, 5.74) is 5.48. The Kier molecular flexibility index (Phi) is 8.33. The fraction of sp³-hybridized carbons (Fsp3) is 0.391. The van der Waals surface area contributed by atoms with Crippen molar-refractivity contribution in [2.75, 3.05) is 16.6 Å². The number of nitrogens with two attached hydrogens (primary N) is 1. The normalized spacial score (nSPS) is 15.2. The number of primary amides is 1. The summed E-state index contributed by atoms with van der Waals surface area (Å²) in [7, 11) is -4.31. The molecule has 0 aromatic heterocycles. The summed E-state index contributed by atoms with van der Waals surface area (Å²) in [4.78, 5) is 24.4. The summed E-state index contributed by atoms with van der Waals surface area (Å²) in [6, 6.07) is 8.13. The third-order valence-electron chi connectivity index (χ3n) is 5.58. The Balaban J connectivity index is 1.83. The van der Waals surface area contributed by atoms with Gasteiger partial charge in [0.2, 0.25) is 11.8 Å². The molecule has 0 heterocycles. The molecule has 1 aliphatic carbocycles. The number of sulfonamides is 1. The van der Waals surface area contributed by atoms with Crippen LogP contribution in [0.15, 0.2) is 47.4 Å². The zero-order valence-electron chi connectivity index (χ0n) is 19.3. The molecule has 196 valence electrons. The minimum absolute atomic E-state index is 0.0841. The predicted octanol–water partition coefficient (Wildman–Crippen LogP) is 4.01. The third-order valence-corrected chi connectivity index (χ3v) is 7.00. The molecule has 2 aromatic carbocycles. The second kappa shape index (κ2) is 11.1. The highest BCUT2D eigenvalue weighted by atomic mass is 32.2. The molecular formula is C23H26F3N3O6S. The van der Waals surface area contributed by atoms with Crippen molar-refractivity contribution in [2.24, 2.45) is 17.6 Å². The van der Waals surface area contributed by atoms with E-state index in [2.05, 4.69) is 14.8 Å². The van der Waals surface area contributed by atoms with Gasteiger partial charge in [-0.3, -0.25) is 14.3 Å². The quantitative estimate of drug-likeness (QED) is 0.398. The van der Waals surface area contributed by atoms with E-state index in [4.69, 9.17) is 10.5 Å². The molecule has 9 nitrogen and oxygen atoms in total. The Bertz CT molecular complexity index is 1210. The molecule has 2 amide bonds. The molecule has 0 spiro atoms. The first kappa shape index (κ1) is 27.1. The van der Waals surface area contributed by atoms with Crippen LogP contribution in [0.3, 0.4) is 0 Å². The number of nitrogens with one attached hydrogen (secondary N) is 2. The first-order chi connectivity index (χ1) is 16.9. The lowest BCUT2D eigenvalue weighted by molar-refractivity contribution is -0.274. The summed E-state index contributed by atoms with van der Waals surface area (Å²) in [6.45, 7) is 1.71. The zero-order valence-corrected chi connectivity index (χ0v) is 20.1. The van der Waals surface area contributed by atoms with E-state index in [0.717, 1.165) is 25.0 Å². The van der Waals surface area contributed by atoms with Gasteiger partial charge in [-0.1, -0.05) is 18.9 Å². The fourth-order valence-corrected chi connectivity index (χ4v) is 5.31. The van der Waals surface area contributed by atoms with Gasteiger partial charge in [-0.25, -0.2) is 8.42 Å². The van der Waals surface area contributed by atoms with Gasteiger partial charge in [-0.15, -0.1) is 13.2 Å². The van der Waals surface area contributed by atoms with Crippen LogP contribution in [0.2, 0.25) is 0 Å². The van der Waals surface area contributed by atoms with Gasteiger partial charge in [-0.2, -0.15) is 0 Å². The Morgan fingerprint density at radius 2 is 1.81 bits per heavy atom. The van der Waals surface area contributed by atoms with Crippen LogP contribution in [-0.2, 0) is 19.6 Å². The van der Waals surface area contributed by atoms with E-state index in [9.17, 15) is 31.2 Å². The van der Waals surface area contributed by atoms with E-state index in [-0.39, 0.29) is 34.5 Å². The van der Waals surface area contributed by atoms with Crippen molar-refractivity contribution in [3.63, 3.8) is 0 Å². The molecule has 1 saturated carbocycles. The number of amides is 2. The summed E-state index contributed by atoms with van der Waals surface area (Å²) < 4.78 is 74.9. The van der Waals surface area contributed by atoms with E-state index in [0.29, 0.717) is 12.8 Å². The summed E-state index contributed by atoms with van der Waals surface area (Å²) >= 11 is 0. The Morgan fingerprint density at radius 1 is 1.11 bits per heavy atom. The van der Waals surface area contributed by atoms with Crippen molar-refractivity contribution in [2.45, 2.75) is 43.9 Å². The number of rotatable bonds is 10. The monoisotopic (exact) mass is 529 g/mol. The van der Waals surface area contributed by atoms with Gasteiger partial charge < -0.3 is 20.5 Å². The molecule has 0 radical (unpaired) electrons. The van der Waals surface area contributed by atoms with Gasteiger partial charge in [0.1, 0.15) is 22.3 Å². The fourth-order valence-electron chi connectivity index (χ4n) is 4.13. The van der Waals surface area contributed by atoms with Crippen molar-refractivity contribution in [1.82, 2.24) is 0 Å². The molecule has 0 aliphatic heterocycles. The summed E-state index contributed by atoms with van der Waals surface area (Å²) in [5, 5.41) is 2.60. The first-order valence-electron chi connectivity index (χ1n) is 11.2. The van der Waals surface area contributed by atoms with Gasteiger partial charge in [0.25, 0.3) is 10.0 Å². The Morgan fingerprint density at radius 3 is 2.42 bits per heavy atom. The van der Waals surface area contributed by atoms with Crippen LogP contribution in [-0.4, -0.2) is 33.2 Å². The highest BCUT2D eigenvalue weighted by Crippen LogP contribution is 2.34. The number of ether oxygens (including phenoxy) is 2. The van der Waals surface area contributed by atoms with Gasteiger partial charge in [0, 0.05) is 17.8 Å². The van der Waals surface area contributed by atoms with E-state index in [1.54, 1.807) is 6.92 Å². The van der Waals surface area contributed by atoms with Crippen molar-refractivity contribution in [3.05, 3.63) is 42.5 Å². The second-order valence-corrected chi connectivity index (χ2v) is 9.84. The minimum atomic E-state index is -4.94. The minimum Gasteiger partial charge on any atom is -0.492 e. The largest absolute Gasteiger partial charge is 0.573 e. The number of benzene rings is 2. The second-order valence-electron chi connectivity index (χ2n) is 8.19. The molecule has 36 heavy (non-hydrogen) atoms. The van der Waals surface area contributed by atoms with Crippen molar-refractivity contribution < 1.29 is 40.7 Å². The maximum atomic E-state index is 13.0. The molecular weight excluding hydrogens is 503 g/mol. The van der Waals surface area contributed by atoms with Gasteiger partial charge in [0.05, 0.1) is 12.3 Å². The molecule has 1 unspecified atom stereocenters. The lowest BCUT2D eigenvalue weighted by atomic mass is 9.89. The number of carbonyl (C=O) groups is 2. The number of alkyl halides is 3. The molecule has 4 N–H and O–H groups in total. The number of anilines is 2. The predicted molar refractivity (Wildman–Crippen MR) is 125 cm³/mol. The van der Waals surface area contributed by atoms with Crippen LogP contribution < -0.4 is 25.2 Å². The maximum absolute atomic E-state index is 13.0. The van der Waals surface area contributed by atoms with Gasteiger partial charge in [0.15, 0.2) is 0 Å². The topological polar surface area (TPSA) is 137 Å². The third kappa shape index (κ3) is 7.03. The lowest BCUT2D eigenvalue weighted by Gasteiger charge is -2.20. The SMILES string of the molecule is CCOc1cc(NC(=O)C(C(N)=O)C2CCCC2)ccc1S(=O)(=O)Nc1cccc(OC(F)(F)F)c1. The Labute approximate surface area is 206 Å². The average Bonchev–Trinajstić information content (AvgIpc) is 3.26. The van der Waals surface area contributed by atoms with Crippen molar-refractivity contribution in [1.29, 1.82) is 0 Å². The van der Waals surface area contributed by atoms with Crippen LogP contribution >= 0.6 is 0 Å². The number of carbonyl (C=O) groups excluding carboxylic acids is 2. The lowest BCUT2D eigenvalue weighted by Crippen LogP contribution is -2.38. The van der Waals surface area contributed by atoms with Gasteiger partial charge in [-0.05, 0) is 49.9 Å². The summed E-state index contributed by atoms with van der Waals surface area (Å²) in [6.07, 6.45) is -1.71. The zero-order chi connectivity index (χ0) is 26.5. The van der Waals surface area contributed by atoms with Gasteiger partial charge >= 0.3 is 6.36 Å². The molecule has 1 fully saturated rings. The molecule has 0 bridgehead atoms. The van der Waals surface area contributed by atoms with Crippen LogP contribution in [0.25, 0.3) is 0 Å². The first-order valence-corrected chi connectivity index (χ1v) is 12.6. The average molecular weight is 530 g/mol. The smallest absolute Gasteiger partial charge is 0.492 e. The van der Waals surface area contributed by atoms with Crippen LogP contribution in [0.4, 0.5) is 24.5 Å². The van der Waals surface area contributed by atoms with E-state index in [1.807, 2.05) is 0 Å². The van der Waals surface area contributed by atoms with E-state index in [1.165, 1.54) is 30.3 Å². The highest BCUT2D eigenvalue weighted by molar-refractivity contribution is 7.92. The van der Waals surface area contributed by atoms with Crippen LogP contribution in [0.1, 0.15) is 32.6 Å². The molecule has 13 heteroatoms. The van der Waals surface area contributed by atoms with Crippen molar-refractivity contribution >= 4 is 33.2 Å². The van der Waals surface area contributed by atoms with E-state index < -0.39 is 39.9 Å². The van der Waals surface area contributed by atoms with Crippen molar-refractivity contribution in [3.8, 4) is 11.5 Å². The van der Waals surface area contributed by atoms with Crippen LogP contribution in [0, 0.1) is 11.8 Å². The number of halogens is 3. The maximum Gasteiger partial charge on any atom is 0.573 e. The van der Waals surface area contributed by atoms with E-state index >= 15 is 0 Å². The molecule has 1 atom stereocenters. The molecule has 1 aliphatic rings.